The number of nitrogens with zero attached hydrogens (tertiary/aromatic N) is 4. The fraction of sp³-hybridized carbons (Fsp3) is 0.406. The van der Waals surface area contributed by atoms with Gasteiger partial charge < -0.3 is 19.7 Å². The summed E-state index contributed by atoms with van der Waals surface area (Å²) in [5.74, 6) is 0.529. The number of hydrogen-bond donors (Lipinski definition) is 1. The number of esters is 1. The number of benzene rings is 2. The standard InChI is InChI=1S/C32H37N5O3/c1-39-32(38)26-6-2-25(3-7-26)23-36-16-12-27(13-17-36)34-21-28-8-11-31(22-35-28)40-30-14-18-37(19-15-30)29-9-4-24(20-33)5-10-29/h2-11,22,27,30,34H,12-19,21,23H2,1H3. The highest BCUT2D eigenvalue weighted by Gasteiger charge is 2.22. The van der Waals surface area contributed by atoms with Gasteiger partial charge in [-0.25, -0.2) is 4.79 Å². The van der Waals surface area contributed by atoms with Crippen molar-refractivity contribution in [1.29, 1.82) is 5.26 Å². The Morgan fingerprint density at radius 1 is 0.975 bits per heavy atom. The van der Waals surface area contributed by atoms with E-state index in [1.54, 1.807) is 0 Å². The van der Waals surface area contributed by atoms with Crippen LogP contribution in [0, 0.1) is 11.3 Å². The van der Waals surface area contributed by atoms with Crippen LogP contribution in [0.15, 0.2) is 66.9 Å². The number of carbonyl (C=O) groups excluding carboxylic acids is 1. The van der Waals surface area contributed by atoms with Crippen LogP contribution in [0.3, 0.4) is 0 Å². The average Bonchev–Trinajstić information content (AvgIpc) is 3.02. The van der Waals surface area contributed by atoms with Crippen LogP contribution in [0.5, 0.6) is 5.75 Å². The molecule has 0 aliphatic carbocycles. The van der Waals surface area contributed by atoms with E-state index in [0.717, 1.165) is 82.1 Å². The van der Waals surface area contributed by atoms with Crippen molar-refractivity contribution in [1.82, 2.24) is 15.2 Å². The molecule has 0 amide bonds. The van der Waals surface area contributed by atoms with Gasteiger partial charge in [-0.1, -0.05) is 12.1 Å². The first-order valence-electron chi connectivity index (χ1n) is 14.1. The van der Waals surface area contributed by atoms with Crippen molar-refractivity contribution in [3.63, 3.8) is 0 Å². The number of pyridine rings is 1. The molecule has 2 aliphatic heterocycles. The number of likely N-dealkylation sites (tertiary alicyclic amines) is 1. The Labute approximate surface area is 236 Å². The van der Waals surface area contributed by atoms with Crippen molar-refractivity contribution in [3.05, 3.63) is 89.2 Å². The molecule has 0 unspecified atom stereocenters. The number of aromatic nitrogens is 1. The zero-order valence-corrected chi connectivity index (χ0v) is 23.1. The summed E-state index contributed by atoms with van der Waals surface area (Å²) in [6.07, 6.45) is 6.15. The maximum absolute atomic E-state index is 11.6. The van der Waals surface area contributed by atoms with Crippen LogP contribution in [-0.4, -0.2) is 61.3 Å². The molecule has 0 spiro atoms. The first kappa shape index (κ1) is 27.6. The second kappa shape index (κ2) is 13.4. The summed E-state index contributed by atoms with van der Waals surface area (Å²) in [4.78, 5) is 21.1. The number of methoxy groups -OCH3 is 1. The molecule has 0 radical (unpaired) electrons. The van der Waals surface area contributed by atoms with E-state index in [0.29, 0.717) is 17.2 Å². The maximum Gasteiger partial charge on any atom is 0.337 e. The van der Waals surface area contributed by atoms with Crippen LogP contribution in [0.4, 0.5) is 5.69 Å². The second-order valence-corrected chi connectivity index (χ2v) is 10.6. The van der Waals surface area contributed by atoms with Crippen LogP contribution in [0.1, 0.15) is 52.9 Å². The highest BCUT2D eigenvalue weighted by Crippen LogP contribution is 2.24. The lowest BCUT2D eigenvalue weighted by molar-refractivity contribution is 0.0600. The number of nitrogens with one attached hydrogen (secondary N) is 1. The lowest BCUT2D eigenvalue weighted by Crippen LogP contribution is -2.41. The van der Waals surface area contributed by atoms with Crippen molar-refractivity contribution in [2.24, 2.45) is 0 Å². The van der Waals surface area contributed by atoms with Gasteiger partial charge in [0.15, 0.2) is 0 Å². The van der Waals surface area contributed by atoms with Gasteiger partial charge in [-0.3, -0.25) is 9.88 Å². The molecule has 5 rings (SSSR count). The Kier molecular flexibility index (Phi) is 9.27. The van der Waals surface area contributed by atoms with Crippen LogP contribution in [-0.2, 0) is 17.8 Å². The number of ether oxygens (including phenoxy) is 2. The van der Waals surface area contributed by atoms with Crippen LogP contribution < -0.4 is 15.0 Å². The molecule has 3 aromatic rings. The Balaban J connectivity index is 0.996. The highest BCUT2D eigenvalue weighted by molar-refractivity contribution is 5.89. The van der Waals surface area contributed by atoms with Crippen molar-refractivity contribution < 1.29 is 14.3 Å². The quantitative estimate of drug-likeness (QED) is 0.397. The monoisotopic (exact) mass is 539 g/mol. The van der Waals surface area contributed by atoms with Crippen LogP contribution >= 0.6 is 0 Å². The molecule has 2 fully saturated rings. The summed E-state index contributed by atoms with van der Waals surface area (Å²) in [6.45, 7) is 5.61. The lowest BCUT2D eigenvalue weighted by Gasteiger charge is -2.33. The minimum atomic E-state index is -0.298. The molecular formula is C32H37N5O3. The summed E-state index contributed by atoms with van der Waals surface area (Å²) in [5.41, 5.74) is 4.67. The molecule has 2 aromatic carbocycles. The normalized spacial score (nSPS) is 16.9. The first-order valence-corrected chi connectivity index (χ1v) is 14.1. The third-order valence-electron chi connectivity index (χ3n) is 7.84. The second-order valence-electron chi connectivity index (χ2n) is 10.6. The molecule has 2 aliphatic rings. The Morgan fingerprint density at radius 2 is 1.70 bits per heavy atom. The van der Waals surface area contributed by atoms with Crippen molar-refractivity contribution in [3.8, 4) is 11.8 Å². The van der Waals surface area contributed by atoms with Gasteiger partial charge >= 0.3 is 5.97 Å². The fourth-order valence-corrected chi connectivity index (χ4v) is 5.42. The van der Waals surface area contributed by atoms with Crippen LogP contribution in [0.25, 0.3) is 0 Å². The lowest BCUT2D eigenvalue weighted by atomic mass is 10.0. The third-order valence-corrected chi connectivity index (χ3v) is 7.84. The van der Waals surface area contributed by atoms with Gasteiger partial charge in [-0.15, -0.1) is 0 Å². The van der Waals surface area contributed by atoms with E-state index < -0.39 is 0 Å². The molecule has 8 nitrogen and oxygen atoms in total. The zero-order chi connectivity index (χ0) is 27.7. The van der Waals surface area contributed by atoms with Gasteiger partial charge in [0.2, 0.25) is 0 Å². The summed E-state index contributed by atoms with van der Waals surface area (Å²) >= 11 is 0. The first-order chi connectivity index (χ1) is 19.6. The summed E-state index contributed by atoms with van der Waals surface area (Å²) in [5, 5.41) is 12.7. The Hall–Kier alpha value is -3.93. The van der Waals surface area contributed by atoms with E-state index in [9.17, 15) is 4.79 Å². The predicted molar refractivity (Wildman–Crippen MR) is 154 cm³/mol. The topological polar surface area (TPSA) is 90.7 Å². The Bertz CT molecular complexity index is 1270. The average molecular weight is 540 g/mol. The fourth-order valence-electron chi connectivity index (χ4n) is 5.42. The summed E-state index contributed by atoms with van der Waals surface area (Å²) in [7, 11) is 1.40. The van der Waals surface area contributed by atoms with E-state index in [2.05, 4.69) is 32.2 Å². The molecule has 2 saturated heterocycles. The molecule has 40 heavy (non-hydrogen) atoms. The molecule has 1 aromatic heterocycles. The van der Waals surface area contributed by atoms with Crippen molar-refractivity contribution >= 4 is 11.7 Å². The number of rotatable bonds is 9. The van der Waals surface area contributed by atoms with Crippen molar-refractivity contribution in [2.45, 2.75) is 50.9 Å². The number of carbonyl (C=O) groups is 1. The van der Waals surface area contributed by atoms with Gasteiger partial charge in [0.25, 0.3) is 0 Å². The molecule has 0 saturated carbocycles. The number of anilines is 1. The molecule has 3 heterocycles. The largest absolute Gasteiger partial charge is 0.489 e. The van der Waals surface area contributed by atoms with Gasteiger partial charge in [0.05, 0.1) is 36.2 Å². The molecule has 8 heteroatoms. The van der Waals surface area contributed by atoms with Gasteiger partial charge in [-0.05, 0) is 80.0 Å². The summed E-state index contributed by atoms with van der Waals surface area (Å²) < 4.78 is 11.0. The van der Waals surface area contributed by atoms with E-state index in [1.807, 2.05) is 60.8 Å². The molecule has 0 atom stereocenters. The minimum Gasteiger partial charge on any atom is -0.489 e. The predicted octanol–water partition coefficient (Wildman–Crippen LogP) is 4.54. The van der Waals surface area contributed by atoms with Gasteiger partial charge in [-0.2, -0.15) is 5.26 Å². The molecular weight excluding hydrogens is 502 g/mol. The molecule has 0 bridgehead atoms. The maximum atomic E-state index is 11.6. The number of piperidine rings is 2. The molecule has 208 valence electrons. The minimum absolute atomic E-state index is 0.191. The van der Waals surface area contributed by atoms with E-state index in [-0.39, 0.29) is 12.1 Å². The van der Waals surface area contributed by atoms with E-state index in [4.69, 9.17) is 14.7 Å². The highest BCUT2D eigenvalue weighted by atomic mass is 16.5. The van der Waals surface area contributed by atoms with Crippen molar-refractivity contribution in [2.75, 3.05) is 38.2 Å². The number of nitriles is 1. The van der Waals surface area contributed by atoms with Gasteiger partial charge in [0, 0.05) is 50.7 Å². The Morgan fingerprint density at radius 3 is 2.33 bits per heavy atom. The SMILES string of the molecule is COC(=O)c1ccc(CN2CCC(NCc3ccc(OC4CCN(c5ccc(C#N)cc5)CC4)cn3)CC2)cc1. The smallest absolute Gasteiger partial charge is 0.337 e. The van der Waals surface area contributed by atoms with Crippen LogP contribution in [0.2, 0.25) is 0 Å². The summed E-state index contributed by atoms with van der Waals surface area (Å²) in [6, 6.07) is 22.2. The zero-order valence-electron chi connectivity index (χ0n) is 23.1. The third kappa shape index (κ3) is 7.38. The molecule has 1 N–H and O–H groups in total. The van der Waals surface area contributed by atoms with E-state index in [1.165, 1.54) is 12.7 Å². The number of hydrogen-bond acceptors (Lipinski definition) is 8. The van der Waals surface area contributed by atoms with Gasteiger partial charge in [0.1, 0.15) is 11.9 Å². The van der Waals surface area contributed by atoms with E-state index >= 15 is 0 Å².